The lowest BCUT2D eigenvalue weighted by Crippen LogP contribution is -2.35. The van der Waals surface area contributed by atoms with Gasteiger partial charge in [0.05, 0.1) is 0 Å². The monoisotopic (exact) mass is 300 g/mol. The molecule has 0 aliphatic carbocycles. The fraction of sp³-hybridized carbons (Fsp3) is 0.353. The van der Waals surface area contributed by atoms with Crippen LogP contribution in [-0.2, 0) is 6.54 Å². The topological polar surface area (TPSA) is 16.1 Å². The second kappa shape index (κ2) is 6.84. The molecule has 1 atom stereocenters. The number of halogens is 1. The van der Waals surface area contributed by atoms with Crippen LogP contribution in [0.5, 0.6) is 0 Å². The number of alkyl halides is 1. The summed E-state index contributed by atoms with van der Waals surface area (Å²) in [5, 5.41) is 0.822. The molecule has 108 valence electrons. The van der Waals surface area contributed by atoms with Crippen LogP contribution in [0.15, 0.2) is 36.5 Å². The number of piperidine rings is 1. The molecular formula is C17H17FN2S. The molecule has 0 N–H and O–H groups in total. The van der Waals surface area contributed by atoms with E-state index in [1.165, 1.54) is 0 Å². The zero-order valence-corrected chi connectivity index (χ0v) is 12.6. The zero-order chi connectivity index (χ0) is 14.5. The Labute approximate surface area is 128 Å². The maximum atomic E-state index is 13.4. The van der Waals surface area contributed by atoms with Crippen molar-refractivity contribution in [1.29, 1.82) is 0 Å². The van der Waals surface area contributed by atoms with Gasteiger partial charge in [-0.1, -0.05) is 24.1 Å². The normalized spacial score (nSPS) is 19.0. The summed E-state index contributed by atoms with van der Waals surface area (Å²) in [6, 6.07) is 9.89. The van der Waals surface area contributed by atoms with Crippen molar-refractivity contribution in [2.75, 3.05) is 13.1 Å². The summed E-state index contributed by atoms with van der Waals surface area (Å²) in [7, 11) is 0. The average Bonchev–Trinajstić information content (AvgIpc) is 2.94. The van der Waals surface area contributed by atoms with Crippen molar-refractivity contribution in [2.45, 2.75) is 25.6 Å². The molecule has 1 aliphatic heterocycles. The molecule has 3 rings (SSSR count). The van der Waals surface area contributed by atoms with Crippen LogP contribution in [0.4, 0.5) is 4.39 Å². The first-order valence-corrected chi connectivity index (χ1v) is 7.99. The van der Waals surface area contributed by atoms with Gasteiger partial charge in [-0.25, -0.2) is 9.37 Å². The summed E-state index contributed by atoms with van der Waals surface area (Å²) in [6.45, 7) is 2.30. The average molecular weight is 300 g/mol. The molecule has 1 fully saturated rings. The smallest absolute Gasteiger partial charge is 0.167 e. The highest BCUT2D eigenvalue weighted by Crippen LogP contribution is 2.19. The van der Waals surface area contributed by atoms with Gasteiger partial charge in [-0.2, -0.15) is 0 Å². The zero-order valence-electron chi connectivity index (χ0n) is 11.8. The van der Waals surface area contributed by atoms with Crippen LogP contribution in [0.1, 0.15) is 28.3 Å². The summed E-state index contributed by atoms with van der Waals surface area (Å²) >= 11 is 1.60. The Bertz CT molecular complexity index is 642. The van der Waals surface area contributed by atoms with E-state index in [9.17, 15) is 4.39 Å². The van der Waals surface area contributed by atoms with Crippen LogP contribution in [-0.4, -0.2) is 29.1 Å². The second-order valence-electron chi connectivity index (χ2n) is 5.22. The van der Waals surface area contributed by atoms with E-state index >= 15 is 0 Å². The number of thiazole rings is 1. The minimum Gasteiger partial charge on any atom is -0.295 e. The van der Waals surface area contributed by atoms with E-state index in [2.05, 4.69) is 21.7 Å². The van der Waals surface area contributed by atoms with Gasteiger partial charge in [0, 0.05) is 29.7 Å². The van der Waals surface area contributed by atoms with Crippen molar-refractivity contribution in [3.8, 4) is 11.8 Å². The molecule has 2 aromatic rings. The molecular weight excluding hydrogens is 283 g/mol. The quantitative estimate of drug-likeness (QED) is 0.789. The second-order valence-corrected chi connectivity index (χ2v) is 6.34. The molecule has 1 unspecified atom stereocenters. The Morgan fingerprint density at radius 2 is 2.14 bits per heavy atom. The first kappa shape index (κ1) is 14.2. The Hall–Kier alpha value is -1.70. The third-order valence-electron chi connectivity index (χ3n) is 3.47. The fourth-order valence-corrected chi connectivity index (χ4v) is 3.26. The predicted octanol–water partition coefficient (Wildman–Crippen LogP) is 3.48. The SMILES string of the molecule is FC1CCCN(Cc2cnc(C#Cc3ccccc3)s2)C1. The van der Waals surface area contributed by atoms with Gasteiger partial charge in [-0.3, -0.25) is 4.90 Å². The van der Waals surface area contributed by atoms with Crippen molar-refractivity contribution in [1.82, 2.24) is 9.88 Å². The van der Waals surface area contributed by atoms with Gasteiger partial charge in [-0.15, -0.1) is 11.3 Å². The number of rotatable bonds is 2. The highest BCUT2D eigenvalue weighted by molar-refractivity contribution is 7.12. The Morgan fingerprint density at radius 1 is 1.29 bits per heavy atom. The molecule has 0 saturated carbocycles. The number of hydrogen-bond acceptors (Lipinski definition) is 3. The molecule has 1 aromatic heterocycles. The third kappa shape index (κ3) is 4.13. The first-order chi connectivity index (χ1) is 10.3. The number of benzene rings is 1. The van der Waals surface area contributed by atoms with Gasteiger partial charge in [0.2, 0.25) is 0 Å². The van der Waals surface area contributed by atoms with E-state index in [-0.39, 0.29) is 0 Å². The minimum atomic E-state index is -0.677. The number of likely N-dealkylation sites (tertiary alicyclic amines) is 1. The molecule has 21 heavy (non-hydrogen) atoms. The molecule has 4 heteroatoms. The molecule has 2 nitrogen and oxygen atoms in total. The van der Waals surface area contributed by atoms with Gasteiger partial charge < -0.3 is 0 Å². The molecule has 0 spiro atoms. The van der Waals surface area contributed by atoms with E-state index in [0.29, 0.717) is 13.0 Å². The molecule has 1 aliphatic rings. The van der Waals surface area contributed by atoms with Crippen LogP contribution in [0.25, 0.3) is 0 Å². The maximum absolute atomic E-state index is 13.4. The van der Waals surface area contributed by atoms with Crippen LogP contribution in [0.3, 0.4) is 0 Å². The van der Waals surface area contributed by atoms with Gasteiger partial charge >= 0.3 is 0 Å². The molecule has 0 bridgehead atoms. The largest absolute Gasteiger partial charge is 0.295 e. The van der Waals surface area contributed by atoms with Gasteiger partial charge in [0.1, 0.15) is 6.17 Å². The Balaban J connectivity index is 1.63. The van der Waals surface area contributed by atoms with Crippen LogP contribution >= 0.6 is 11.3 Å². The standard InChI is InChI=1S/C17H17FN2S/c18-15-7-4-10-20(12-15)13-16-11-19-17(21-16)9-8-14-5-2-1-3-6-14/h1-3,5-6,11,15H,4,7,10,12-13H2. The van der Waals surface area contributed by atoms with Crippen molar-refractivity contribution in [3.63, 3.8) is 0 Å². The maximum Gasteiger partial charge on any atom is 0.167 e. The van der Waals surface area contributed by atoms with Gasteiger partial charge in [0.25, 0.3) is 0 Å². The van der Waals surface area contributed by atoms with Crippen LogP contribution in [0.2, 0.25) is 0 Å². The number of hydrogen-bond donors (Lipinski definition) is 0. The minimum absolute atomic E-state index is 0.545. The van der Waals surface area contributed by atoms with Crippen molar-refractivity contribution in [2.24, 2.45) is 0 Å². The van der Waals surface area contributed by atoms with E-state index in [1.807, 2.05) is 36.5 Å². The predicted molar refractivity (Wildman–Crippen MR) is 83.9 cm³/mol. The summed E-state index contributed by atoms with van der Waals surface area (Å²) in [5.41, 5.74) is 0.991. The highest BCUT2D eigenvalue weighted by Gasteiger charge is 2.19. The molecule has 1 saturated heterocycles. The van der Waals surface area contributed by atoms with E-state index in [0.717, 1.165) is 35.0 Å². The Morgan fingerprint density at radius 3 is 2.95 bits per heavy atom. The van der Waals surface area contributed by atoms with Crippen molar-refractivity contribution < 1.29 is 4.39 Å². The van der Waals surface area contributed by atoms with Crippen molar-refractivity contribution in [3.05, 3.63) is 52.0 Å². The lowest BCUT2D eigenvalue weighted by molar-refractivity contribution is 0.134. The molecule has 2 heterocycles. The number of nitrogens with zero attached hydrogens (tertiary/aromatic N) is 2. The van der Waals surface area contributed by atoms with Gasteiger partial charge in [-0.05, 0) is 37.4 Å². The summed E-state index contributed by atoms with van der Waals surface area (Å²) in [4.78, 5) is 7.66. The first-order valence-electron chi connectivity index (χ1n) is 7.18. The lowest BCUT2D eigenvalue weighted by Gasteiger charge is -2.28. The van der Waals surface area contributed by atoms with E-state index in [1.54, 1.807) is 11.3 Å². The van der Waals surface area contributed by atoms with E-state index in [4.69, 9.17) is 0 Å². The number of aromatic nitrogens is 1. The fourth-order valence-electron chi connectivity index (χ4n) is 2.45. The molecule has 0 amide bonds. The summed E-state index contributed by atoms with van der Waals surface area (Å²) < 4.78 is 13.4. The summed E-state index contributed by atoms with van der Waals surface area (Å²) in [6.07, 6.45) is 2.83. The highest BCUT2D eigenvalue weighted by atomic mass is 32.1. The molecule has 1 aromatic carbocycles. The third-order valence-corrected chi connectivity index (χ3v) is 4.37. The summed E-state index contributed by atoms with van der Waals surface area (Å²) in [5.74, 6) is 6.20. The molecule has 0 radical (unpaired) electrons. The lowest BCUT2D eigenvalue weighted by atomic mass is 10.1. The van der Waals surface area contributed by atoms with Crippen LogP contribution < -0.4 is 0 Å². The Kier molecular flexibility index (Phi) is 4.64. The van der Waals surface area contributed by atoms with Crippen LogP contribution in [0, 0.1) is 11.8 Å². The van der Waals surface area contributed by atoms with Gasteiger partial charge in [0.15, 0.2) is 5.01 Å². The van der Waals surface area contributed by atoms with E-state index < -0.39 is 6.17 Å². The van der Waals surface area contributed by atoms with Crippen molar-refractivity contribution >= 4 is 11.3 Å².